The molecular formula is C12H11BrN2O3. The molecule has 1 aromatic carbocycles. The highest BCUT2D eigenvalue weighted by molar-refractivity contribution is 9.10. The largest absolute Gasteiger partial charge is 0.452 e. The van der Waals surface area contributed by atoms with E-state index in [-0.39, 0.29) is 10.6 Å². The van der Waals surface area contributed by atoms with Crippen molar-refractivity contribution in [3.8, 4) is 0 Å². The van der Waals surface area contributed by atoms with Crippen LogP contribution >= 0.6 is 15.9 Å². The van der Waals surface area contributed by atoms with Gasteiger partial charge in [0.15, 0.2) is 4.67 Å². The van der Waals surface area contributed by atoms with E-state index in [1.165, 1.54) is 6.07 Å². The van der Waals surface area contributed by atoms with Gasteiger partial charge in [-0.05, 0) is 41.1 Å². The fourth-order valence-corrected chi connectivity index (χ4v) is 1.89. The SMILES string of the molecule is Cc1ccc(NCc2ccc(Br)o2)cc1[N+](=O)[O-]. The number of nitrogens with zero attached hydrogens (tertiary/aromatic N) is 1. The lowest BCUT2D eigenvalue weighted by molar-refractivity contribution is -0.385. The van der Waals surface area contributed by atoms with E-state index in [2.05, 4.69) is 21.2 Å². The van der Waals surface area contributed by atoms with Crippen molar-refractivity contribution in [2.45, 2.75) is 13.5 Å². The van der Waals surface area contributed by atoms with Crippen LogP contribution in [0.2, 0.25) is 0 Å². The Kier molecular flexibility index (Phi) is 3.66. The molecule has 2 rings (SSSR count). The molecule has 5 nitrogen and oxygen atoms in total. The summed E-state index contributed by atoms with van der Waals surface area (Å²) >= 11 is 3.21. The number of rotatable bonds is 4. The maximum absolute atomic E-state index is 10.8. The Balaban J connectivity index is 2.10. The van der Waals surface area contributed by atoms with Crippen molar-refractivity contribution in [1.82, 2.24) is 0 Å². The zero-order valence-corrected chi connectivity index (χ0v) is 11.2. The lowest BCUT2D eigenvalue weighted by atomic mass is 10.2. The molecule has 18 heavy (non-hydrogen) atoms. The summed E-state index contributed by atoms with van der Waals surface area (Å²) in [6.45, 7) is 2.19. The minimum Gasteiger partial charge on any atom is -0.452 e. The number of nitrogens with one attached hydrogen (secondary N) is 1. The lowest BCUT2D eigenvalue weighted by Crippen LogP contribution is -1.99. The highest BCUT2D eigenvalue weighted by atomic mass is 79.9. The zero-order valence-electron chi connectivity index (χ0n) is 9.64. The van der Waals surface area contributed by atoms with Gasteiger partial charge in [-0.1, -0.05) is 6.07 Å². The molecule has 0 bridgehead atoms. The summed E-state index contributed by atoms with van der Waals surface area (Å²) in [5.41, 5.74) is 1.45. The third kappa shape index (κ3) is 2.89. The molecule has 1 N–H and O–H groups in total. The minimum atomic E-state index is -0.385. The Bertz CT molecular complexity index is 580. The van der Waals surface area contributed by atoms with Crippen molar-refractivity contribution in [2.24, 2.45) is 0 Å². The molecule has 2 aromatic rings. The van der Waals surface area contributed by atoms with Gasteiger partial charge in [0.05, 0.1) is 11.5 Å². The van der Waals surface area contributed by atoms with E-state index in [1.54, 1.807) is 25.1 Å². The number of hydrogen-bond acceptors (Lipinski definition) is 4. The number of nitro benzene ring substituents is 1. The zero-order chi connectivity index (χ0) is 13.1. The second-order valence-electron chi connectivity index (χ2n) is 3.82. The van der Waals surface area contributed by atoms with Crippen molar-refractivity contribution >= 4 is 27.3 Å². The van der Waals surface area contributed by atoms with Crippen LogP contribution in [0.4, 0.5) is 11.4 Å². The van der Waals surface area contributed by atoms with Crippen molar-refractivity contribution in [2.75, 3.05) is 5.32 Å². The quantitative estimate of drug-likeness (QED) is 0.687. The van der Waals surface area contributed by atoms with Crippen LogP contribution in [0, 0.1) is 17.0 Å². The van der Waals surface area contributed by atoms with Gasteiger partial charge in [0.2, 0.25) is 0 Å². The van der Waals surface area contributed by atoms with Gasteiger partial charge in [-0.15, -0.1) is 0 Å². The Morgan fingerprint density at radius 3 is 2.78 bits per heavy atom. The smallest absolute Gasteiger partial charge is 0.274 e. The number of aryl methyl sites for hydroxylation is 1. The average molecular weight is 311 g/mol. The normalized spacial score (nSPS) is 10.3. The van der Waals surface area contributed by atoms with Crippen molar-refractivity contribution < 1.29 is 9.34 Å². The number of halogens is 1. The van der Waals surface area contributed by atoms with Crippen LogP contribution in [-0.2, 0) is 6.54 Å². The summed E-state index contributed by atoms with van der Waals surface area (Å²) in [5.74, 6) is 0.755. The van der Waals surface area contributed by atoms with Gasteiger partial charge in [-0.2, -0.15) is 0 Å². The topological polar surface area (TPSA) is 68.3 Å². The molecule has 0 unspecified atom stereocenters. The first-order chi connectivity index (χ1) is 8.56. The highest BCUT2D eigenvalue weighted by Gasteiger charge is 2.10. The Morgan fingerprint density at radius 1 is 1.39 bits per heavy atom. The van der Waals surface area contributed by atoms with Gasteiger partial charge in [0.1, 0.15) is 5.76 Å². The second kappa shape index (κ2) is 5.22. The molecule has 6 heteroatoms. The first-order valence-corrected chi connectivity index (χ1v) is 6.08. The van der Waals surface area contributed by atoms with Crippen LogP contribution < -0.4 is 5.32 Å². The fourth-order valence-electron chi connectivity index (χ4n) is 1.55. The van der Waals surface area contributed by atoms with E-state index in [9.17, 15) is 10.1 Å². The molecule has 1 heterocycles. The summed E-state index contributed by atoms with van der Waals surface area (Å²) in [4.78, 5) is 10.4. The van der Waals surface area contributed by atoms with Crippen LogP contribution in [0.15, 0.2) is 39.4 Å². The maximum Gasteiger partial charge on any atom is 0.274 e. The standard InChI is InChI=1S/C12H11BrN2O3/c1-8-2-3-9(6-11(8)15(16)17)14-7-10-4-5-12(13)18-10/h2-6,14H,7H2,1H3. The molecule has 0 saturated carbocycles. The van der Waals surface area contributed by atoms with E-state index < -0.39 is 0 Å². The summed E-state index contributed by atoms with van der Waals surface area (Å²) in [6, 6.07) is 8.68. The Hall–Kier alpha value is -1.82. The van der Waals surface area contributed by atoms with Crippen LogP contribution in [0.3, 0.4) is 0 Å². The van der Waals surface area contributed by atoms with E-state index >= 15 is 0 Å². The monoisotopic (exact) mass is 310 g/mol. The third-order valence-electron chi connectivity index (χ3n) is 2.50. The Morgan fingerprint density at radius 2 is 2.17 bits per heavy atom. The van der Waals surface area contributed by atoms with Gasteiger partial charge in [-0.3, -0.25) is 10.1 Å². The maximum atomic E-state index is 10.8. The molecule has 0 aliphatic rings. The van der Waals surface area contributed by atoms with Gasteiger partial charge >= 0.3 is 0 Å². The summed E-state index contributed by atoms with van der Waals surface area (Å²) in [7, 11) is 0. The molecule has 0 amide bonds. The summed E-state index contributed by atoms with van der Waals surface area (Å²) in [5, 5.41) is 13.9. The molecule has 0 spiro atoms. The predicted molar refractivity (Wildman–Crippen MR) is 71.6 cm³/mol. The first kappa shape index (κ1) is 12.6. The fraction of sp³-hybridized carbons (Fsp3) is 0.167. The van der Waals surface area contributed by atoms with Crippen molar-refractivity contribution in [3.63, 3.8) is 0 Å². The van der Waals surface area contributed by atoms with E-state index in [4.69, 9.17) is 4.42 Å². The molecule has 1 aromatic heterocycles. The van der Waals surface area contributed by atoms with Crippen LogP contribution in [0.1, 0.15) is 11.3 Å². The molecule has 0 fully saturated rings. The van der Waals surface area contributed by atoms with E-state index in [0.717, 1.165) is 5.76 Å². The number of nitro groups is 1. The van der Waals surface area contributed by atoms with Crippen molar-refractivity contribution in [1.29, 1.82) is 0 Å². The molecule has 0 radical (unpaired) electrons. The number of hydrogen-bond donors (Lipinski definition) is 1. The van der Waals surface area contributed by atoms with Crippen LogP contribution in [-0.4, -0.2) is 4.92 Å². The van der Waals surface area contributed by atoms with Gasteiger partial charge in [-0.25, -0.2) is 0 Å². The van der Waals surface area contributed by atoms with Gasteiger partial charge < -0.3 is 9.73 Å². The molecule has 0 atom stereocenters. The number of anilines is 1. The average Bonchev–Trinajstić information content (AvgIpc) is 2.74. The molecule has 0 aliphatic heterocycles. The lowest BCUT2D eigenvalue weighted by Gasteiger charge is -2.05. The molecule has 0 saturated heterocycles. The van der Waals surface area contributed by atoms with Gasteiger partial charge in [0.25, 0.3) is 5.69 Å². The van der Waals surface area contributed by atoms with Gasteiger partial charge in [0, 0.05) is 17.3 Å². The third-order valence-corrected chi connectivity index (χ3v) is 2.93. The summed E-state index contributed by atoms with van der Waals surface area (Å²) < 4.78 is 5.99. The van der Waals surface area contributed by atoms with E-state index in [0.29, 0.717) is 22.5 Å². The molecule has 94 valence electrons. The van der Waals surface area contributed by atoms with Crippen molar-refractivity contribution in [3.05, 3.63) is 56.4 Å². The number of benzene rings is 1. The number of furan rings is 1. The molecular weight excluding hydrogens is 300 g/mol. The van der Waals surface area contributed by atoms with E-state index in [1.807, 2.05) is 6.07 Å². The minimum absolute atomic E-state index is 0.112. The van der Waals surface area contributed by atoms with Crippen LogP contribution in [0.5, 0.6) is 0 Å². The first-order valence-electron chi connectivity index (χ1n) is 5.29. The molecule has 0 aliphatic carbocycles. The summed E-state index contributed by atoms with van der Waals surface area (Å²) in [6.07, 6.45) is 0. The second-order valence-corrected chi connectivity index (χ2v) is 4.60. The highest BCUT2D eigenvalue weighted by Crippen LogP contribution is 2.23. The van der Waals surface area contributed by atoms with Crippen LogP contribution in [0.25, 0.3) is 0 Å². The Labute approximate surface area is 112 Å². The predicted octanol–water partition coefficient (Wildman–Crippen LogP) is 3.87.